The fourth-order valence-corrected chi connectivity index (χ4v) is 1.22. The number of hydrogen-bond acceptors (Lipinski definition) is 1. The second kappa shape index (κ2) is 3.05. The van der Waals surface area contributed by atoms with E-state index in [0.29, 0.717) is 0 Å². The highest BCUT2D eigenvalue weighted by Crippen LogP contribution is 2.32. The lowest BCUT2D eigenvalue weighted by atomic mass is 10.3. The Morgan fingerprint density at radius 1 is 1.50 bits per heavy atom. The average molecular weight is 165 g/mol. The van der Waals surface area contributed by atoms with E-state index in [1.807, 2.05) is 0 Å². The van der Waals surface area contributed by atoms with Gasteiger partial charge >= 0.3 is 6.43 Å². The maximum Gasteiger partial charge on any atom is 0.348 e. The summed E-state index contributed by atoms with van der Waals surface area (Å²) < 4.78 is 35.4. The molecule has 0 aromatic carbocycles. The highest BCUT2D eigenvalue weighted by molar-refractivity contribution is 7.10. The maximum atomic E-state index is 12.3. The van der Waals surface area contributed by atoms with Gasteiger partial charge in [-0.25, -0.2) is 4.39 Å². The highest BCUT2D eigenvalue weighted by atomic mass is 32.1. The van der Waals surface area contributed by atoms with Crippen LogP contribution in [-0.2, 0) is 0 Å². The van der Waals surface area contributed by atoms with Crippen molar-refractivity contribution < 1.29 is 13.2 Å². The van der Waals surface area contributed by atoms with Gasteiger partial charge in [0, 0.05) is 4.88 Å². The molecule has 55 valence electrons. The highest BCUT2D eigenvalue weighted by Gasteiger charge is 2.24. The van der Waals surface area contributed by atoms with Gasteiger partial charge in [0.15, 0.2) is 0 Å². The molecule has 0 aliphatic rings. The Balaban J connectivity index is 2.68. The molecule has 0 nitrogen and oxygen atoms in total. The van der Waals surface area contributed by atoms with Crippen molar-refractivity contribution >= 4 is 11.3 Å². The smallest absolute Gasteiger partial charge is 0.234 e. The lowest BCUT2D eigenvalue weighted by Gasteiger charge is -1.99. The van der Waals surface area contributed by atoms with Crippen molar-refractivity contribution in [2.45, 2.75) is 6.17 Å². The van der Waals surface area contributed by atoms with Crippen LogP contribution in [0.2, 0.25) is 0 Å². The molecule has 1 radical (unpaired) electrons. The molecule has 0 aliphatic heterocycles. The van der Waals surface area contributed by atoms with Gasteiger partial charge in [-0.1, -0.05) is 6.07 Å². The molecule has 1 atom stereocenters. The summed E-state index contributed by atoms with van der Waals surface area (Å²) in [4.78, 5) is 0.0556. The van der Waals surface area contributed by atoms with Gasteiger partial charge in [0.05, 0.1) is 0 Å². The van der Waals surface area contributed by atoms with Crippen LogP contribution in [0.4, 0.5) is 13.2 Å². The monoisotopic (exact) mass is 165 g/mol. The van der Waals surface area contributed by atoms with Crippen LogP contribution in [0.3, 0.4) is 0 Å². The summed E-state index contributed by atoms with van der Waals surface area (Å²) in [5.74, 6) is 0. The van der Waals surface area contributed by atoms with E-state index < -0.39 is 12.6 Å². The van der Waals surface area contributed by atoms with Crippen molar-refractivity contribution in [1.29, 1.82) is 0 Å². The first kappa shape index (κ1) is 7.60. The van der Waals surface area contributed by atoms with Gasteiger partial charge in [0.2, 0.25) is 6.17 Å². The minimum absolute atomic E-state index is 0.0556. The van der Waals surface area contributed by atoms with Crippen molar-refractivity contribution in [1.82, 2.24) is 0 Å². The lowest BCUT2D eigenvalue weighted by molar-refractivity contribution is 0.162. The van der Waals surface area contributed by atoms with Gasteiger partial charge in [0.1, 0.15) is 0 Å². The molecule has 0 N–H and O–H groups in total. The zero-order valence-corrected chi connectivity index (χ0v) is 5.67. The third kappa shape index (κ3) is 1.50. The van der Waals surface area contributed by atoms with E-state index in [0.717, 1.165) is 11.3 Å². The van der Waals surface area contributed by atoms with Gasteiger partial charge < -0.3 is 0 Å². The Morgan fingerprint density at radius 2 is 2.20 bits per heavy atom. The van der Waals surface area contributed by atoms with Gasteiger partial charge in [-0.15, -0.1) is 11.3 Å². The molecule has 1 aromatic rings. The first-order valence-electron chi connectivity index (χ1n) is 2.57. The molecule has 1 aromatic heterocycles. The van der Waals surface area contributed by atoms with E-state index >= 15 is 0 Å². The quantitative estimate of drug-likeness (QED) is 0.631. The minimum atomic E-state index is -2.19. The molecule has 0 fully saturated rings. The molecule has 1 rings (SSSR count). The topological polar surface area (TPSA) is 0 Å². The first-order chi connectivity index (χ1) is 4.72. The predicted molar refractivity (Wildman–Crippen MR) is 33.6 cm³/mol. The predicted octanol–water partition coefficient (Wildman–Crippen LogP) is 3.19. The SMILES string of the molecule is F[C](F)C(F)c1cccs1. The Morgan fingerprint density at radius 3 is 2.60 bits per heavy atom. The molecule has 0 amide bonds. The molecule has 0 saturated carbocycles. The molecule has 0 saturated heterocycles. The van der Waals surface area contributed by atoms with Gasteiger partial charge in [-0.05, 0) is 11.4 Å². The Bertz CT molecular complexity index is 183. The largest absolute Gasteiger partial charge is 0.348 e. The second-order valence-corrected chi connectivity index (χ2v) is 2.65. The van der Waals surface area contributed by atoms with Gasteiger partial charge in [0.25, 0.3) is 0 Å². The van der Waals surface area contributed by atoms with Crippen molar-refractivity contribution in [3.63, 3.8) is 0 Å². The summed E-state index contributed by atoms with van der Waals surface area (Å²) in [7, 11) is 0. The third-order valence-electron chi connectivity index (χ3n) is 0.985. The molecular weight excluding hydrogens is 161 g/mol. The molecule has 0 bridgehead atoms. The zero-order chi connectivity index (χ0) is 7.56. The maximum absolute atomic E-state index is 12.3. The van der Waals surface area contributed by atoms with Crippen LogP contribution >= 0.6 is 11.3 Å². The number of halogens is 3. The van der Waals surface area contributed by atoms with Crippen LogP contribution in [0.1, 0.15) is 11.0 Å². The summed E-state index contributed by atoms with van der Waals surface area (Å²) in [5.41, 5.74) is 0. The molecule has 1 unspecified atom stereocenters. The molecule has 1 heterocycles. The van der Waals surface area contributed by atoms with Gasteiger partial charge in [-0.3, -0.25) is 0 Å². The van der Waals surface area contributed by atoms with E-state index in [2.05, 4.69) is 0 Å². The standard InChI is InChI=1S/C6H4F3S/c7-5(6(8)9)4-2-1-3-10-4/h1-3,5H. The fourth-order valence-electron chi connectivity index (χ4n) is 0.543. The fraction of sp³-hybridized carbons (Fsp3) is 0.167. The molecular formula is C6H4F3S. The summed E-state index contributed by atoms with van der Waals surface area (Å²) in [6.45, 7) is 0. The van der Waals surface area contributed by atoms with Gasteiger partial charge in [-0.2, -0.15) is 8.78 Å². The Labute approximate surface area is 60.3 Å². The summed E-state index contributed by atoms with van der Waals surface area (Å²) >= 11 is 0.984. The number of hydrogen-bond donors (Lipinski definition) is 0. The van der Waals surface area contributed by atoms with Crippen molar-refractivity contribution in [2.75, 3.05) is 0 Å². The molecule has 10 heavy (non-hydrogen) atoms. The lowest BCUT2D eigenvalue weighted by Crippen LogP contribution is -1.91. The van der Waals surface area contributed by atoms with Crippen LogP contribution in [0, 0.1) is 6.43 Å². The first-order valence-corrected chi connectivity index (χ1v) is 3.45. The summed E-state index contributed by atoms with van der Waals surface area (Å²) in [6, 6.07) is 2.88. The number of rotatable bonds is 2. The average Bonchev–Trinajstić information content (AvgIpc) is 2.36. The van der Waals surface area contributed by atoms with E-state index in [9.17, 15) is 13.2 Å². The normalized spacial score (nSPS) is 14.0. The third-order valence-corrected chi connectivity index (χ3v) is 1.89. The van der Waals surface area contributed by atoms with Crippen molar-refractivity contribution in [3.05, 3.63) is 28.8 Å². The van der Waals surface area contributed by atoms with Crippen LogP contribution in [0.15, 0.2) is 17.5 Å². The molecule has 4 heteroatoms. The van der Waals surface area contributed by atoms with E-state index in [1.54, 1.807) is 5.38 Å². The Kier molecular flexibility index (Phi) is 2.32. The van der Waals surface area contributed by atoms with Crippen molar-refractivity contribution in [2.24, 2.45) is 0 Å². The zero-order valence-electron chi connectivity index (χ0n) is 4.85. The molecule has 0 spiro atoms. The van der Waals surface area contributed by atoms with E-state index in [1.165, 1.54) is 12.1 Å². The summed E-state index contributed by atoms with van der Waals surface area (Å²) in [6.07, 6.45) is -4.37. The van der Waals surface area contributed by atoms with Crippen LogP contribution < -0.4 is 0 Å². The number of thiophene rings is 1. The molecule has 0 aliphatic carbocycles. The van der Waals surface area contributed by atoms with E-state index in [4.69, 9.17) is 0 Å². The number of alkyl halides is 1. The van der Waals surface area contributed by atoms with Crippen LogP contribution in [0.5, 0.6) is 0 Å². The summed E-state index contributed by atoms with van der Waals surface area (Å²) in [5, 5.41) is 1.56. The van der Waals surface area contributed by atoms with E-state index in [-0.39, 0.29) is 4.88 Å². The van der Waals surface area contributed by atoms with Crippen LogP contribution in [-0.4, -0.2) is 0 Å². The van der Waals surface area contributed by atoms with Crippen molar-refractivity contribution in [3.8, 4) is 0 Å². The second-order valence-electron chi connectivity index (χ2n) is 1.67. The minimum Gasteiger partial charge on any atom is -0.234 e. The Hall–Kier alpha value is -0.510. The van der Waals surface area contributed by atoms with Crippen LogP contribution in [0.25, 0.3) is 0 Å².